The Morgan fingerprint density at radius 1 is 1.27 bits per heavy atom. The third-order valence-electron chi connectivity index (χ3n) is 6.45. The van der Waals surface area contributed by atoms with E-state index < -0.39 is 35.2 Å². The number of nitrogens with two attached hydrogens (primary N) is 1. The smallest absolute Gasteiger partial charge is 0.250 e. The number of fused-ring (bicyclic) bond motifs is 4. The summed E-state index contributed by atoms with van der Waals surface area (Å²) in [7, 11) is 0. The van der Waals surface area contributed by atoms with Crippen molar-refractivity contribution in [2.75, 3.05) is 11.9 Å². The molecule has 0 saturated carbocycles. The number of likely N-dealkylation sites (tertiary alicyclic amines) is 1. The summed E-state index contributed by atoms with van der Waals surface area (Å²) in [5, 5.41) is 6.47. The first-order valence-corrected chi connectivity index (χ1v) is 10.6. The zero-order chi connectivity index (χ0) is 21.8. The first-order chi connectivity index (χ1) is 14.2. The van der Waals surface area contributed by atoms with E-state index in [1.807, 2.05) is 19.9 Å². The highest BCUT2D eigenvalue weighted by atomic mass is 35.5. The molecule has 1 aromatic carbocycles. The van der Waals surface area contributed by atoms with Gasteiger partial charge in [-0.25, -0.2) is 0 Å². The molecule has 4 amide bonds. The number of amides is 4. The zero-order valence-electron chi connectivity index (χ0n) is 17.0. The molecule has 0 bridgehead atoms. The van der Waals surface area contributed by atoms with Gasteiger partial charge in [-0.15, -0.1) is 0 Å². The van der Waals surface area contributed by atoms with Crippen molar-refractivity contribution in [2.45, 2.75) is 51.1 Å². The van der Waals surface area contributed by atoms with Crippen LogP contribution in [0.1, 0.15) is 43.7 Å². The van der Waals surface area contributed by atoms with Gasteiger partial charge in [0, 0.05) is 24.6 Å². The van der Waals surface area contributed by atoms with Crippen molar-refractivity contribution in [3.05, 3.63) is 28.3 Å². The molecule has 2 saturated heterocycles. The number of halogens is 1. The molecule has 8 nitrogen and oxygen atoms in total. The minimum atomic E-state index is -1.40. The molecule has 4 N–H and O–H groups in total. The highest BCUT2D eigenvalue weighted by Gasteiger charge is 2.70. The number of hydrogen-bond acceptors (Lipinski definition) is 5. The summed E-state index contributed by atoms with van der Waals surface area (Å²) < 4.78 is 0. The van der Waals surface area contributed by atoms with Crippen LogP contribution in [0.25, 0.3) is 0 Å². The number of aryl methyl sites for hydroxylation is 1. The molecule has 4 atom stereocenters. The molecule has 30 heavy (non-hydrogen) atoms. The maximum atomic E-state index is 13.4. The fourth-order valence-electron chi connectivity index (χ4n) is 5.14. The molecular weight excluding hydrogens is 408 g/mol. The quantitative estimate of drug-likeness (QED) is 0.587. The van der Waals surface area contributed by atoms with Gasteiger partial charge in [0.1, 0.15) is 5.54 Å². The van der Waals surface area contributed by atoms with E-state index >= 15 is 0 Å². The van der Waals surface area contributed by atoms with Crippen molar-refractivity contribution in [3.8, 4) is 0 Å². The number of anilines is 1. The minimum Gasteiger partial charge on any atom is -0.370 e. The molecule has 9 heteroatoms. The van der Waals surface area contributed by atoms with Gasteiger partial charge in [0.25, 0.3) is 0 Å². The number of hydrogen-bond donors (Lipinski definition) is 3. The van der Waals surface area contributed by atoms with E-state index in [0.717, 1.165) is 12.0 Å². The summed E-state index contributed by atoms with van der Waals surface area (Å²) in [5.41, 5.74) is 5.81. The van der Waals surface area contributed by atoms with Crippen LogP contribution in [0.3, 0.4) is 0 Å². The lowest BCUT2D eigenvalue weighted by Gasteiger charge is -2.29. The molecule has 2 fully saturated rings. The van der Waals surface area contributed by atoms with Gasteiger partial charge in [0.15, 0.2) is 0 Å². The zero-order valence-corrected chi connectivity index (χ0v) is 17.7. The van der Waals surface area contributed by atoms with Crippen LogP contribution >= 0.6 is 11.6 Å². The minimum absolute atomic E-state index is 0.0520. The lowest BCUT2D eigenvalue weighted by atomic mass is 9.76. The maximum Gasteiger partial charge on any atom is 0.250 e. The molecule has 1 aromatic rings. The summed E-state index contributed by atoms with van der Waals surface area (Å²) >= 11 is 6.38. The van der Waals surface area contributed by atoms with Gasteiger partial charge in [-0.2, -0.15) is 0 Å². The predicted octanol–water partition coefficient (Wildman–Crippen LogP) is 1.43. The fraction of sp³-hybridized carbons (Fsp3) is 0.524. The number of carbonyl (C=O) groups is 4. The summed E-state index contributed by atoms with van der Waals surface area (Å²) in [5.74, 6) is -3.17. The molecule has 3 aliphatic heterocycles. The molecule has 160 valence electrons. The van der Waals surface area contributed by atoms with Gasteiger partial charge >= 0.3 is 0 Å². The Morgan fingerprint density at radius 2 is 2.00 bits per heavy atom. The topological polar surface area (TPSA) is 122 Å². The third-order valence-corrected chi connectivity index (χ3v) is 6.75. The predicted molar refractivity (Wildman–Crippen MR) is 110 cm³/mol. The molecule has 3 heterocycles. The number of primary amides is 1. The third kappa shape index (κ3) is 2.85. The van der Waals surface area contributed by atoms with Crippen LogP contribution in [0, 0.1) is 18.8 Å². The second-order valence-electron chi connectivity index (χ2n) is 8.37. The standard InChI is InChI=1S/C21H25ClN4O4/c1-3-4-7-26-18(28)15-13(5-6-14(23)27)25-21(16(15)19(26)29)11-8-10(2)9-12(22)17(11)24-20(21)30/h8-9,13,15-16,25H,3-7H2,1-2H3,(H2,23,27)(H,24,30). The Morgan fingerprint density at radius 3 is 2.67 bits per heavy atom. The molecule has 0 radical (unpaired) electrons. The number of carbonyl (C=O) groups excluding carboxylic acids is 4. The van der Waals surface area contributed by atoms with Gasteiger partial charge in [-0.3, -0.25) is 29.4 Å². The molecule has 3 aliphatic rings. The van der Waals surface area contributed by atoms with Crippen LogP contribution in [0.4, 0.5) is 5.69 Å². The number of nitrogens with zero attached hydrogens (tertiary/aromatic N) is 1. The van der Waals surface area contributed by atoms with Gasteiger partial charge in [0.05, 0.1) is 22.5 Å². The highest BCUT2D eigenvalue weighted by molar-refractivity contribution is 6.35. The van der Waals surface area contributed by atoms with Gasteiger partial charge in [-0.05, 0) is 31.4 Å². The number of unbranched alkanes of at least 4 members (excludes halogenated alkanes) is 1. The number of imide groups is 1. The molecule has 1 spiro atoms. The number of rotatable bonds is 6. The van der Waals surface area contributed by atoms with Crippen LogP contribution in [-0.4, -0.2) is 41.1 Å². The van der Waals surface area contributed by atoms with Crippen LogP contribution < -0.4 is 16.4 Å². The lowest BCUT2D eigenvalue weighted by molar-refractivity contribution is -0.143. The van der Waals surface area contributed by atoms with E-state index in [9.17, 15) is 19.2 Å². The average molecular weight is 433 g/mol. The summed E-state index contributed by atoms with van der Waals surface area (Å²) in [6.45, 7) is 4.16. The Balaban J connectivity index is 1.84. The molecule has 4 rings (SSSR count). The summed E-state index contributed by atoms with van der Waals surface area (Å²) in [6.07, 6.45) is 1.84. The van der Waals surface area contributed by atoms with Crippen LogP contribution in [0.15, 0.2) is 12.1 Å². The van der Waals surface area contributed by atoms with Crippen LogP contribution in [0.2, 0.25) is 5.02 Å². The van der Waals surface area contributed by atoms with Crippen molar-refractivity contribution < 1.29 is 19.2 Å². The number of benzene rings is 1. The van der Waals surface area contributed by atoms with Crippen molar-refractivity contribution in [3.63, 3.8) is 0 Å². The first kappa shape index (κ1) is 20.8. The second kappa shape index (κ2) is 7.35. The average Bonchev–Trinajstić information content (AvgIpc) is 3.25. The van der Waals surface area contributed by atoms with Crippen LogP contribution in [0.5, 0.6) is 0 Å². The SMILES string of the molecule is CCCCN1C(=O)C2C(CCC(N)=O)NC3(C(=O)Nc4c(Cl)cc(C)cc43)C2C1=O. The molecular formula is C21H25ClN4O4. The lowest BCUT2D eigenvalue weighted by Crippen LogP contribution is -2.53. The molecule has 0 aliphatic carbocycles. The van der Waals surface area contributed by atoms with Crippen molar-refractivity contribution in [1.29, 1.82) is 0 Å². The Labute approximate surface area is 179 Å². The summed E-state index contributed by atoms with van der Waals surface area (Å²) in [6, 6.07) is 3.04. The van der Waals surface area contributed by atoms with Crippen molar-refractivity contribution in [1.82, 2.24) is 10.2 Å². The Hall–Kier alpha value is -2.45. The highest BCUT2D eigenvalue weighted by Crippen LogP contribution is 2.54. The normalized spacial score (nSPS) is 29.5. The van der Waals surface area contributed by atoms with E-state index in [4.69, 9.17) is 17.3 Å². The van der Waals surface area contributed by atoms with Crippen molar-refractivity contribution in [2.24, 2.45) is 17.6 Å². The largest absolute Gasteiger partial charge is 0.370 e. The van der Waals surface area contributed by atoms with Gasteiger partial charge in [0.2, 0.25) is 23.6 Å². The van der Waals surface area contributed by atoms with Crippen molar-refractivity contribution >= 4 is 40.9 Å². The summed E-state index contributed by atoms with van der Waals surface area (Å²) in [4.78, 5) is 52.7. The van der Waals surface area contributed by atoms with Crippen LogP contribution in [-0.2, 0) is 24.7 Å². The van der Waals surface area contributed by atoms with E-state index in [0.29, 0.717) is 29.2 Å². The molecule has 0 aromatic heterocycles. The maximum absolute atomic E-state index is 13.4. The Kier molecular flexibility index (Phi) is 5.10. The van der Waals surface area contributed by atoms with Gasteiger partial charge in [-0.1, -0.05) is 31.0 Å². The van der Waals surface area contributed by atoms with Gasteiger partial charge < -0.3 is 11.1 Å². The second-order valence-corrected chi connectivity index (χ2v) is 8.78. The van der Waals surface area contributed by atoms with E-state index in [1.54, 1.807) is 6.07 Å². The fourth-order valence-corrected chi connectivity index (χ4v) is 5.46. The number of nitrogens with one attached hydrogen (secondary N) is 2. The first-order valence-electron chi connectivity index (χ1n) is 10.3. The molecule has 4 unspecified atom stereocenters. The monoisotopic (exact) mass is 432 g/mol. The van der Waals surface area contributed by atoms with E-state index in [2.05, 4.69) is 10.6 Å². The van der Waals surface area contributed by atoms with E-state index in [-0.39, 0.29) is 24.7 Å². The Bertz CT molecular complexity index is 965. The van der Waals surface area contributed by atoms with E-state index in [1.165, 1.54) is 4.90 Å².